The van der Waals surface area contributed by atoms with E-state index in [0.29, 0.717) is 6.42 Å². The fourth-order valence-corrected chi connectivity index (χ4v) is 2.84. The zero-order valence-electron chi connectivity index (χ0n) is 6.83. The van der Waals surface area contributed by atoms with Crippen molar-refractivity contribution in [2.45, 2.75) is 12.5 Å². The first kappa shape index (κ1) is 9.31. The number of nitrogens with one attached hydrogen (secondary N) is 2. The molecule has 0 aliphatic carbocycles. The lowest BCUT2D eigenvalue weighted by atomic mass is 10.3. The molecule has 6 heteroatoms. The lowest BCUT2D eigenvalue weighted by Gasteiger charge is -2.08. The number of urea groups is 1. The van der Waals surface area contributed by atoms with Crippen LogP contribution in [0, 0.1) is 0 Å². The molecule has 12 heavy (non-hydrogen) atoms. The molecule has 0 radical (unpaired) electrons. The van der Waals surface area contributed by atoms with Crippen LogP contribution in [0.1, 0.15) is 6.42 Å². The SMILES string of the molecule is CNC(=O)NC1CCS(=O)(=O)C1. The highest BCUT2D eigenvalue weighted by Crippen LogP contribution is 2.10. The van der Waals surface area contributed by atoms with Crippen LogP contribution in [0.4, 0.5) is 4.79 Å². The average Bonchev–Trinajstić information content (AvgIpc) is 2.30. The van der Waals surface area contributed by atoms with Crippen molar-refractivity contribution in [3.8, 4) is 0 Å². The minimum Gasteiger partial charge on any atom is -0.341 e. The normalized spacial score (nSPS) is 26.6. The van der Waals surface area contributed by atoms with Crippen LogP contribution < -0.4 is 10.6 Å². The largest absolute Gasteiger partial charge is 0.341 e. The molecule has 0 saturated carbocycles. The Morgan fingerprint density at radius 2 is 2.17 bits per heavy atom. The number of amides is 2. The van der Waals surface area contributed by atoms with Crippen LogP contribution in [0.2, 0.25) is 0 Å². The van der Waals surface area contributed by atoms with E-state index in [0.717, 1.165) is 0 Å². The Balaban J connectivity index is 2.43. The number of carbonyl (C=O) groups is 1. The summed E-state index contributed by atoms with van der Waals surface area (Å²) >= 11 is 0. The highest BCUT2D eigenvalue weighted by atomic mass is 32.2. The molecular weight excluding hydrogens is 180 g/mol. The summed E-state index contributed by atoms with van der Waals surface area (Å²) in [6.45, 7) is 0. The molecule has 1 aliphatic rings. The van der Waals surface area contributed by atoms with Gasteiger partial charge in [0.05, 0.1) is 11.5 Å². The Kier molecular flexibility index (Phi) is 2.56. The molecule has 0 aromatic rings. The summed E-state index contributed by atoms with van der Waals surface area (Å²) in [5, 5.41) is 4.93. The third-order valence-electron chi connectivity index (χ3n) is 1.79. The van der Waals surface area contributed by atoms with E-state index in [1.807, 2.05) is 0 Å². The fraction of sp³-hybridized carbons (Fsp3) is 0.833. The van der Waals surface area contributed by atoms with Crippen LogP contribution in [0.5, 0.6) is 0 Å². The molecule has 1 fully saturated rings. The van der Waals surface area contributed by atoms with E-state index in [-0.39, 0.29) is 23.6 Å². The van der Waals surface area contributed by atoms with Crippen LogP contribution in [0.15, 0.2) is 0 Å². The quantitative estimate of drug-likeness (QED) is 0.565. The van der Waals surface area contributed by atoms with Gasteiger partial charge in [-0.3, -0.25) is 0 Å². The van der Waals surface area contributed by atoms with E-state index < -0.39 is 9.84 Å². The van der Waals surface area contributed by atoms with Crippen molar-refractivity contribution in [2.24, 2.45) is 0 Å². The van der Waals surface area contributed by atoms with E-state index in [4.69, 9.17) is 0 Å². The molecule has 0 aromatic heterocycles. The van der Waals surface area contributed by atoms with E-state index >= 15 is 0 Å². The summed E-state index contributed by atoms with van der Waals surface area (Å²) in [5.41, 5.74) is 0. The maximum absolute atomic E-state index is 10.9. The molecule has 1 heterocycles. The van der Waals surface area contributed by atoms with Gasteiger partial charge in [-0.15, -0.1) is 0 Å². The van der Waals surface area contributed by atoms with Gasteiger partial charge in [-0.1, -0.05) is 0 Å². The van der Waals surface area contributed by atoms with Gasteiger partial charge in [-0.2, -0.15) is 0 Å². The van der Waals surface area contributed by atoms with E-state index in [9.17, 15) is 13.2 Å². The summed E-state index contributed by atoms with van der Waals surface area (Å²) in [7, 11) is -1.39. The molecule has 2 N–H and O–H groups in total. The van der Waals surface area contributed by atoms with Gasteiger partial charge in [0.1, 0.15) is 0 Å². The van der Waals surface area contributed by atoms with E-state index in [1.54, 1.807) is 0 Å². The number of carbonyl (C=O) groups excluding carboxylic acids is 1. The molecule has 5 nitrogen and oxygen atoms in total. The monoisotopic (exact) mass is 192 g/mol. The Labute approximate surface area is 71.4 Å². The highest BCUT2D eigenvalue weighted by molar-refractivity contribution is 7.91. The van der Waals surface area contributed by atoms with Gasteiger partial charge < -0.3 is 10.6 Å². The molecule has 0 bridgehead atoms. The number of hydrogen-bond acceptors (Lipinski definition) is 3. The molecular formula is C6H12N2O3S. The zero-order valence-corrected chi connectivity index (χ0v) is 7.65. The standard InChI is InChI=1S/C6H12N2O3S/c1-7-6(9)8-5-2-3-12(10,11)4-5/h5H,2-4H2,1H3,(H2,7,8,9). The molecule has 1 rings (SSSR count). The van der Waals surface area contributed by atoms with E-state index in [2.05, 4.69) is 10.6 Å². The van der Waals surface area contributed by atoms with Crippen LogP contribution in [-0.2, 0) is 9.84 Å². The molecule has 0 spiro atoms. The summed E-state index contributed by atoms with van der Waals surface area (Å²) in [5.74, 6) is 0.252. The van der Waals surface area contributed by atoms with Crippen molar-refractivity contribution in [3.63, 3.8) is 0 Å². The second-order valence-electron chi connectivity index (χ2n) is 2.82. The Bertz CT molecular complexity index is 273. The average molecular weight is 192 g/mol. The van der Waals surface area contributed by atoms with Gasteiger partial charge >= 0.3 is 6.03 Å². The first-order valence-electron chi connectivity index (χ1n) is 3.72. The smallest absolute Gasteiger partial charge is 0.314 e. The van der Waals surface area contributed by atoms with Gasteiger partial charge in [0.15, 0.2) is 9.84 Å². The molecule has 1 saturated heterocycles. The van der Waals surface area contributed by atoms with Gasteiger partial charge in [0, 0.05) is 13.1 Å². The Hall–Kier alpha value is -0.780. The third-order valence-corrected chi connectivity index (χ3v) is 3.56. The molecule has 0 aromatic carbocycles. The van der Waals surface area contributed by atoms with Crippen LogP contribution in [0.3, 0.4) is 0 Å². The maximum Gasteiger partial charge on any atom is 0.314 e. The molecule has 2 amide bonds. The minimum absolute atomic E-state index is 0.0699. The summed E-state index contributed by atoms with van der Waals surface area (Å²) in [4.78, 5) is 10.8. The maximum atomic E-state index is 10.9. The summed E-state index contributed by atoms with van der Waals surface area (Å²) < 4.78 is 21.9. The number of sulfone groups is 1. The fourth-order valence-electron chi connectivity index (χ4n) is 1.17. The van der Waals surface area contributed by atoms with Gasteiger partial charge in [-0.25, -0.2) is 13.2 Å². The van der Waals surface area contributed by atoms with E-state index in [1.165, 1.54) is 7.05 Å². The predicted octanol–water partition coefficient (Wildman–Crippen LogP) is -0.897. The number of rotatable bonds is 1. The highest BCUT2D eigenvalue weighted by Gasteiger charge is 2.28. The third kappa shape index (κ3) is 2.37. The Morgan fingerprint density at radius 3 is 2.58 bits per heavy atom. The van der Waals surface area contributed by atoms with Gasteiger partial charge in [-0.05, 0) is 6.42 Å². The first-order valence-corrected chi connectivity index (χ1v) is 5.54. The van der Waals surface area contributed by atoms with Crippen molar-refractivity contribution < 1.29 is 13.2 Å². The molecule has 70 valence electrons. The van der Waals surface area contributed by atoms with Crippen molar-refractivity contribution in [3.05, 3.63) is 0 Å². The molecule has 1 aliphatic heterocycles. The van der Waals surface area contributed by atoms with Crippen LogP contribution in [-0.4, -0.2) is 39.0 Å². The zero-order chi connectivity index (χ0) is 9.19. The second-order valence-corrected chi connectivity index (χ2v) is 5.05. The second kappa shape index (κ2) is 3.30. The van der Waals surface area contributed by atoms with Gasteiger partial charge in [0.2, 0.25) is 0 Å². The van der Waals surface area contributed by atoms with Crippen molar-refractivity contribution in [1.29, 1.82) is 0 Å². The molecule has 1 unspecified atom stereocenters. The Morgan fingerprint density at radius 1 is 1.50 bits per heavy atom. The topological polar surface area (TPSA) is 75.3 Å². The van der Waals surface area contributed by atoms with Crippen LogP contribution >= 0.6 is 0 Å². The lowest BCUT2D eigenvalue weighted by molar-refractivity contribution is 0.240. The van der Waals surface area contributed by atoms with Crippen molar-refractivity contribution in [2.75, 3.05) is 18.6 Å². The first-order chi connectivity index (χ1) is 5.53. The minimum atomic E-state index is -2.89. The summed E-state index contributed by atoms with van der Waals surface area (Å²) in [6.07, 6.45) is 0.524. The van der Waals surface area contributed by atoms with Crippen molar-refractivity contribution in [1.82, 2.24) is 10.6 Å². The van der Waals surface area contributed by atoms with Crippen LogP contribution in [0.25, 0.3) is 0 Å². The van der Waals surface area contributed by atoms with Gasteiger partial charge in [0.25, 0.3) is 0 Å². The number of hydrogen-bond donors (Lipinski definition) is 2. The lowest BCUT2D eigenvalue weighted by Crippen LogP contribution is -2.41. The molecule has 1 atom stereocenters. The van der Waals surface area contributed by atoms with Crippen molar-refractivity contribution >= 4 is 15.9 Å². The predicted molar refractivity (Wildman–Crippen MR) is 44.7 cm³/mol. The summed E-state index contributed by atoms with van der Waals surface area (Å²) in [6, 6.07) is -0.535.